The molecule has 4 aromatic rings. The smallest absolute Gasteiger partial charge is 0.267 e. The van der Waals surface area contributed by atoms with Crippen molar-refractivity contribution in [3.63, 3.8) is 0 Å². The lowest BCUT2D eigenvalue weighted by Gasteiger charge is -2.15. The maximum absolute atomic E-state index is 13.6. The first-order valence-electron chi connectivity index (χ1n) is 11.8. The molecule has 1 heterocycles. The molecule has 1 aliphatic rings. The Bertz CT molecular complexity index is 1400. The predicted molar refractivity (Wildman–Crippen MR) is 148 cm³/mol. The normalized spacial score (nSPS) is 15.6. The van der Waals surface area contributed by atoms with Crippen LogP contribution in [0.4, 0.5) is 5.69 Å². The number of carbonyl (C=O) groups is 1. The van der Waals surface area contributed by atoms with Gasteiger partial charge in [-0.15, -0.1) is 0 Å². The molecule has 1 amide bonds. The van der Waals surface area contributed by atoms with Gasteiger partial charge in [0.15, 0.2) is 5.17 Å². The molecule has 4 aromatic carbocycles. The van der Waals surface area contributed by atoms with Gasteiger partial charge in [-0.05, 0) is 54.1 Å². The highest BCUT2D eigenvalue weighted by molar-refractivity contribution is 8.18. The standard InChI is InChI=1S/C31H26N2O2S/c1-23-16-18-27(19-17-23)32-31-33(21-24-10-4-2-5-11-24)30(34)29(36-31)20-26-14-8-9-15-28(26)35-22-25-12-6-3-7-13-25/h2-20H,21-22H2,1H3/b29-20+,32-31?. The van der Waals surface area contributed by atoms with E-state index in [2.05, 4.69) is 0 Å². The van der Waals surface area contributed by atoms with Crippen molar-refractivity contribution in [1.82, 2.24) is 4.90 Å². The lowest BCUT2D eigenvalue weighted by atomic mass is 10.1. The van der Waals surface area contributed by atoms with E-state index >= 15 is 0 Å². The van der Waals surface area contributed by atoms with Crippen LogP contribution in [-0.4, -0.2) is 16.0 Å². The Labute approximate surface area is 216 Å². The summed E-state index contributed by atoms with van der Waals surface area (Å²) in [5, 5.41) is 0.668. The average molecular weight is 491 g/mol. The lowest BCUT2D eigenvalue weighted by molar-refractivity contribution is -0.122. The van der Waals surface area contributed by atoms with E-state index in [1.165, 1.54) is 17.3 Å². The first-order chi connectivity index (χ1) is 17.7. The SMILES string of the molecule is Cc1ccc(N=C2S/C(=C/c3ccccc3OCc3ccccc3)C(=O)N2Cc2ccccc2)cc1. The maximum atomic E-state index is 13.6. The van der Waals surface area contributed by atoms with Gasteiger partial charge in [-0.1, -0.05) is 96.6 Å². The summed E-state index contributed by atoms with van der Waals surface area (Å²) in [4.78, 5) is 20.8. The molecule has 4 nitrogen and oxygen atoms in total. The highest BCUT2D eigenvalue weighted by Crippen LogP contribution is 2.36. The topological polar surface area (TPSA) is 41.9 Å². The van der Waals surface area contributed by atoms with E-state index in [-0.39, 0.29) is 5.91 Å². The molecule has 0 saturated carbocycles. The summed E-state index contributed by atoms with van der Waals surface area (Å²) in [5.74, 6) is 0.674. The number of rotatable bonds is 7. The average Bonchev–Trinajstić information content (AvgIpc) is 3.19. The van der Waals surface area contributed by atoms with Gasteiger partial charge in [0.1, 0.15) is 12.4 Å². The number of carbonyl (C=O) groups excluding carboxylic acids is 1. The first kappa shape index (κ1) is 23.6. The van der Waals surface area contributed by atoms with Gasteiger partial charge >= 0.3 is 0 Å². The molecule has 0 unspecified atom stereocenters. The molecule has 0 radical (unpaired) electrons. The van der Waals surface area contributed by atoms with Gasteiger partial charge in [0.2, 0.25) is 0 Å². The van der Waals surface area contributed by atoms with Gasteiger partial charge < -0.3 is 4.74 Å². The Balaban J connectivity index is 1.45. The van der Waals surface area contributed by atoms with Crippen molar-refractivity contribution in [1.29, 1.82) is 0 Å². The number of hydrogen-bond donors (Lipinski definition) is 0. The fourth-order valence-electron chi connectivity index (χ4n) is 3.83. The lowest BCUT2D eigenvalue weighted by Crippen LogP contribution is -2.28. The van der Waals surface area contributed by atoms with E-state index in [9.17, 15) is 4.79 Å². The zero-order valence-corrected chi connectivity index (χ0v) is 20.8. The predicted octanol–water partition coefficient (Wildman–Crippen LogP) is 7.38. The largest absolute Gasteiger partial charge is 0.488 e. The molecule has 0 aliphatic carbocycles. The number of nitrogens with zero attached hydrogens (tertiary/aromatic N) is 2. The van der Waals surface area contributed by atoms with Gasteiger partial charge in [0.05, 0.1) is 17.1 Å². The van der Waals surface area contributed by atoms with Crippen LogP contribution in [0.1, 0.15) is 22.3 Å². The van der Waals surface area contributed by atoms with Gasteiger partial charge in [-0.2, -0.15) is 0 Å². The van der Waals surface area contributed by atoms with E-state index in [1.807, 2.05) is 122 Å². The molecule has 178 valence electrons. The summed E-state index contributed by atoms with van der Waals surface area (Å²) in [6.07, 6.45) is 1.91. The molecule has 1 fully saturated rings. The quantitative estimate of drug-likeness (QED) is 0.254. The first-order valence-corrected chi connectivity index (χ1v) is 12.6. The van der Waals surface area contributed by atoms with Crippen molar-refractivity contribution in [2.75, 3.05) is 0 Å². The number of amidine groups is 1. The fraction of sp³-hybridized carbons (Fsp3) is 0.0968. The minimum Gasteiger partial charge on any atom is -0.488 e. The molecular weight excluding hydrogens is 464 g/mol. The highest BCUT2D eigenvalue weighted by atomic mass is 32.2. The van der Waals surface area contributed by atoms with Crippen LogP contribution in [0.2, 0.25) is 0 Å². The van der Waals surface area contributed by atoms with E-state index in [0.29, 0.717) is 23.2 Å². The molecule has 5 heteroatoms. The number of hydrogen-bond acceptors (Lipinski definition) is 4. The van der Waals surface area contributed by atoms with E-state index < -0.39 is 0 Å². The molecule has 0 spiro atoms. The minimum absolute atomic E-state index is 0.0624. The van der Waals surface area contributed by atoms with Gasteiger partial charge in [0, 0.05) is 5.56 Å². The fourth-order valence-corrected chi connectivity index (χ4v) is 4.82. The molecule has 5 rings (SSSR count). The molecule has 0 N–H and O–H groups in total. The Morgan fingerprint density at radius 3 is 2.17 bits per heavy atom. The van der Waals surface area contributed by atoms with Crippen molar-refractivity contribution in [2.24, 2.45) is 4.99 Å². The van der Waals surface area contributed by atoms with Crippen molar-refractivity contribution in [3.05, 3.63) is 136 Å². The zero-order valence-electron chi connectivity index (χ0n) is 20.0. The van der Waals surface area contributed by atoms with Crippen LogP contribution >= 0.6 is 11.8 Å². The summed E-state index contributed by atoms with van der Waals surface area (Å²) >= 11 is 1.40. The van der Waals surface area contributed by atoms with Crippen molar-refractivity contribution >= 4 is 34.6 Å². The van der Waals surface area contributed by atoms with Gasteiger partial charge in [0.25, 0.3) is 5.91 Å². The summed E-state index contributed by atoms with van der Waals surface area (Å²) in [5.41, 5.74) is 4.99. The summed E-state index contributed by atoms with van der Waals surface area (Å²) in [7, 11) is 0. The number of aryl methyl sites for hydroxylation is 1. The molecular formula is C31H26N2O2S. The van der Waals surface area contributed by atoms with E-state index in [0.717, 1.165) is 28.1 Å². The maximum Gasteiger partial charge on any atom is 0.267 e. The third kappa shape index (κ3) is 5.75. The third-order valence-electron chi connectivity index (χ3n) is 5.77. The molecule has 0 aromatic heterocycles. The number of amides is 1. The number of benzene rings is 4. The van der Waals surface area contributed by atoms with E-state index in [1.54, 1.807) is 4.90 Å². The summed E-state index contributed by atoms with van der Waals surface area (Å²) in [6.45, 7) is 2.97. The molecule has 36 heavy (non-hydrogen) atoms. The van der Waals surface area contributed by atoms with Crippen LogP contribution in [0.25, 0.3) is 6.08 Å². The van der Waals surface area contributed by atoms with Crippen LogP contribution in [0.3, 0.4) is 0 Å². The summed E-state index contributed by atoms with van der Waals surface area (Å²) < 4.78 is 6.12. The van der Waals surface area contributed by atoms with Gasteiger partial charge in [-0.3, -0.25) is 9.69 Å². The number of para-hydroxylation sites is 1. The zero-order chi connectivity index (χ0) is 24.7. The van der Waals surface area contributed by atoms with Crippen LogP contribution in [-0.2, 0) is 17.9 Å². The molecule has 1 aliphatic heterocycles. The molecule has 0 bridgehead atoms. The third-order valence-corrected chi connectivity index (χ3v) is 6.78. The van der Waals surface area contributed by atoms with Crippen LogP contribution < -0.4 is 4.74 Å². The van der Waals surface area contributed by atoms with Crippen LogP contribution in [0.5, 0.6) is 5.75 Å². The highest BCUT2D eigenvalue weighted by Gasteiger charge is 2.33. The molecule has 1 saturated heterocycles. The number of thioether (sulfide) groups is 1. The number of ether oxygens (including phenoxy) is 1. The van der Waals surface area contributed by atoms with Gasteiger partial charge in [-0.25, -0.2) is 4.99 Å². The number of aliphatic imine (C=N–C) groups is 1. The Morgan fingerprint density at radius 1 is 0.806 bits per heavy atom. The van der Waals surface area contributed by atoms with E-state index in [4.69, 9.17) is 9.73 Å². The minimum atomic E-state index is -0.0624. The van der Waals surface area contributed by atoms with Crippen molar-refractivity contribution in [3.8, 4) is 5.75 Å². The van der Waals surface area contributed by atoms with Crippen LogP contribution in [0.15, 0.2) is 119 Å². The Kier molecular flexibility index (Phi) is 7.29. The van der Waals surface area contributed by atoms with Crippen molar-refractivity contribution in [2.45, 2.75) is 20.1 Å². The van der Waals surface area contributed by atoms with Crippen LogP contribution in [0, 0.1) is 6.92 Å². The Morgan fingerprint density at radius 2 is 1.44 bits per heavy atom. The summed E-state index contributed by atoms with van der Waals surface area (Å²) in [6, 6.07) is 35.8. The second-order valence-corrected chi connectivity index (χ2v) is 9.54. The monoisotopic (exact) mass is 490 g/mol. The Hall–Kier alpha value is -4.09. The second-order valence-electron chi connectivity index (χ2n) is 8.53. The second kappa shape index (κ2) is 11.1. The van der Waals surface area contributed by atoms with Crippen molar-refractivity contribution < 1.29 is 9.53 Å². The molecule has 0 atom stereocenters.